The molecule has 0 amide bonds. The SMILES string of the molecule is C[C@@H]1CCCN1CCc1cn2cc(-c3cccc4ncccc34)ccc2n1. The van der Waals surface area contributed by atoms with Crippen molar-refractivity contribution in [1.82, 2.24) is 19.3 Å². The van der Waals surface area contributed by atoms with Gasteiger partial charge in [0, 0.05) is 43.0 Å². The zero-order chi connectivity index (χ0) is 18.2. The molecule has 27 heavy (non-hydrogen) atoms. The predicted octanol–water partition coefficient (Wildman–Crippen LogP) is 4.58. The van der Waals surface area contributed by atoms with Crippen molar-refractivity contribution in [3.8, 4) is 11.1 Å². The summed E-state index contributed by atoms with van der Waals surface area (Å²) in [4.78, 5) is 11.9. The van der Waals surface area contributed by atoms with Crippen molar-refractivity contribution in [2.75, 3.05) is 13.1 Å². The molecule has 1 fully saturated rings. The zero-order valence-electron chi connectivity index (χ0n) is 15.7. The maximum atomic E-state index is 4.82. The number of imidazole rings is 1. The Kier molecular flexibility index (Phi) is 4.13. The van der Waals surface area contributed by atoms with Crippen LogP contribution in [0.4, 0.5) is 0 Å². The van der Waals surface area contributed by atoms with Crippen LogP contribution < -0.4 is 0 Å². The van der Waals surface area contributed by atoms with Crippen LogP contribution in [0.15, 0.2) is 61.1 Å². The Bertz CT molecular complexity index is 1090. The summed E-state index contributed by atoms with van der Waals surface area (Å²) in [6.07, 6.45) is 9.89. The van der Waals surface area contributed by atoms with E-state index in [9.17, 15) is 0 Å². The topological polar surface area (TPSA) is 33.4 Å². The molecule has 0 radical (unpaired) electrons. The molecule has 1 aliphatic rings. The van der Waals surface area contributed by atoms with Crippen LogP contribution in [0.5, 0.6) is 0 Å². The maximum Gasteiger partial charge on any atom is 0.137 e. The standard InChI is InChI=1S/C23H24N4/c1-17-5-4-13-26(17)14-11-19-16-27-15-18(9-10-23(27)25-19)20-6-2-8-22-21(20)7-3-12-24-22/h2-3,6-10,12,15-17H,4-5,11,13-14H2,1H3/t17-/m1/s1. The molecule has 0 unspecified atom stereocenters. The second kappa shape index (κ2) is 6.78. The molecule has 1 aliphatic heterocycles. The van der Waals surface area contributed by atoms with Crippen LogP contribution in [-0.4, -0.2) is 38.4 Å². The first-order valence-corrected chi connectivity index (χ1v) is 9.84. The molecule has 0 aliphatic carbocycles. The Morgan fingerprint density at radius 2 is 2.04 bits per heavy atom. The van der Waals surface area contributed by atoms with Gasteiger partial charge in [-0.05, 0) is 61.7 Å². The van der Waals surface area contributed by atoms with Gasteiger partial charge >= 0.3 is 0 Å². The molecule has 1 aromatic carbocycles. The van der Waals surface area contributed by atoms with Crippen LogP contribution in [0, 0.1) is 0 Å². The number of benzene rings is 1. The highest BCUT2D eigenvalue weighted by Crippen LogP contribution is 2.28. The molecule has 4 heteroatoms. The molecule has 4 aromatic rings. The molecule has 136 valence electrons. The average molecular weight is 356 g/mol. The molecule has 4 heterocycles. The van der Waals surface area contributed by atoms with Crippen LogP contribution in [0.2, 0.25) is 0 Å². The summed E-state index contributed by atoms with van der Waals surface area (Å²) in [5.74, 6) is 0. The number of aromatic nitrogens is 3. The third-order valence-electron chi connectivity index (χ3n) is 5.80. The van der Waals surface area contributed by atoms with Gasteiger partial charge in [-0.15, -0.1) is 0 Å². The van der Waals surface area contributed by atoms with Crippen LogP contribution in [0.1, 0.15) is 25.5 Å². The summed E-state index contributed by atoms with van der Waals surface area (Å²) >= 11 is 0. The van der Waals surface area contributed by atoms with Gasteiger partial charge < -0.3 is 9.30 Å². The first kappa shape index (κ1) is 16.5. The number of hydrogen-bond acceptors (Lipinski definition) is 3. The Morgan fingerprint density at radius 3 is 2.93 bits per heavy atom. The third kappa shape index (κ3) is 3.10. The summed E-state index contributed by atoms with van der Waals surface area (Å²) in [6, 6.07) is 15.4. The fraction of sp³-hybridized carbons (Fsp3) is 0.304. The Balaban J connectivity index is 1.45. The summed E-state index contributed by atoms with van der Waals surface area (Å²) in [5, 5.41) is 1.18. The number of likely N-dealkylation sites (tertiary alicyclic amines) is 1. The van der Waals surface area contributed by atoms with Crippen molar-refractivity contribution >= 4 is 16.6 Å². The molecule has 0 spiro atoms. The minimum Gasteiger partial charge on any atom is -0.306 e. The van der Waals surface area contributed by atoms with Crippen LogP contribution in [0.25, 0.3) is 27.7 Å². The van der Waals surface area contributed by atoms with E-state index in [1.54, 1.807) is 0 Å². The van der Waals surface area contributed by atoms with Crippen molar-refractivity contribution < 1.29 is 0 Å². The molecule has 1 saturated heterocycles. The maximum absolute atomic E-state index is 4.82. The molecule has 0 N–H and O–H groups in total. The number of rotatable bonds is 4. The fourth-order valence-electron chi connectivity index (χ4n) is 4.26. The minimum absolute atomic E-state index is 0.716. The van der Waals surface area contributed by atoms with Crippen molar-refractivity contribution in [3.63, 3.8) is 0 Å². The van der Waals surface area contributed by atoms with Crippen molar-refractivity contribution in [2.24, 2.45) is 0 Å². The van der Waals surface area contributed by atoms with Crippen LogP contribution in [0.3, 0.4) is 0 Å². The van der Waals surface area contributed by atoms with Gasteiger partial charge in [0.05, 0.1) is 11.2 Å². The molecule has 0 saturated carbocycles. The smallest absolute Gasteiger partial charge is 0.137 e. The van der Waals surface area contributed by atoms with E-state index in [1.165, 1.54) is 41.6 Å². The average Bonchev–Trinajstić information content (AvgIpc) is 3.30. The van der Waals surface area contributed by atoms with Gasteiger partial charge in [0.25, 0.3) is 0 Å². The monoisotopic (exact) mass is 356 g/mol. The summed E-state index contributed by atoms with van der Waals surface area (Å²) in [7, 11) is 0. The van der Waals surface area contributed by atoms with Gasteiger partial charge in [-0.1, -0.05) is 18.2 Å². The lowest BCUT2D eigenvalue weighted by molar-refractivity contribution is 0.271. The quantitative estimate of drug-likeness (QED) is 0.537. The Morgan fingerprint density at radius 1 is 1.07 bits per heavy atom. The van der Waals surface area contributed by atoms with Gasteiger partial charge in [0.1, 0.15) is 5.65 Å². The number of pyridine rings is 2. The predicted molar refractivity (Wildman–Crippen MR) is 110 cm³/mol. The molecule has 1 atom stereocenters. The van der Waals surface area contributed by atoms with E-state index >= 15 is 0 Å². The van der Waals surface area contributed by atoms with E-state index in [0.29, 0.717) is 6.04 Å². The summed E-state index contributed by atoms with van der Waals surface area (Å²) < 4.78 is 2.16. The van der Waals surface area contributed by atoms with Gasteiger partial charge in [0.2, 0.25) is 0 Å². The number of nitrogens with zero attached hydrogens (tertiary/aromatic N) is 4. The Labute approximate surface area is 159 Å². The molecule has 3 aromatic heterocycles. The van der Waals surface area contributed by atoms with E-state index in [2.05, 4.69) is 70.0 Å². The van der Waals surface area contributed by atoms with E-state index < -0.39 is 0 Å². The molecule has 5 rings (SSSR count). The largest absolute Gasteiger partial charge is 0.306 e. The van der Waals surface area contributed by atoms with Gasteiger partial charge in [-0.25, -0.2) is 4.98 Å². The summed E-state index contributed by atoms with van der Waals surface area (Å²) in [5.41, 5.74) is 5.62. The van der Waals surface area contributed by atoms with Crippen molar-refractivity contribution in [2.45, 2.75) is 32.2 Å². The lowest BCUT2D eigenvalue weighted by Gasteiger charge is -2.19. The third-order valence-corrected chi connectivity index (χ3v) is 5.80. The zero-order valence-corrected chi connectivity index (χ0v) is 15.7. The van der Waals surface area contributed by atoms with E-state index in [1.807, 2.05) is 12.3 Å². The van der Waals surface area contributed by atoms with E-state index in [-0.39, 0.29) is 0 Å². The van der Waals surface area contributed by atoms with E-state index in [0.717, 1.165) is 24.1 Å². The van der Waals surface area contributed by atoms with Crippen LogP contribution in [-0.2, 0) is 6.42 Å². The molecule has 4 nitrogen and oxygen atoms in total. The summed E-state index contributed by atoms with van der Waals surface area (Å²) in [6.45, 7) is 4.67. The second-order valence-corrected chi connectivity index (χ2v) is 7.57. The number of hydrogen-bond donors (Lipinski definition) is 0. The van der Waals surface area contributed by atoms with Crippen molar-refractivity contribution in [1.29, 1.82) is 0 Å². The first-order chi connectivity index (χ1) is 13.3. The van der Waals surface area contributed by atoms with Crippen molar-refractivity contribution in [3.05, 3.63) is 66.7 Å². The van der Waals surface area contributed by atoms with Gasteiger partial charge in [-0.3, -0.25) is 4.98 Å². The fourth-order valence-corrected chi connectivity index (χ4v) is 4.26. The lowest BCUT2D eigenvalue weighted by Crippen LogP contribution is -2.29. The highest BCUT2D eigenvalue weighted by molar-refractivity contribution is 5.94. The van der Waals surface area contributed by atoms with E-state index in [4.69, 9.17) is 4.98 Å². The molecule has 0 bridgehead atoms. The second-order valence-electron chi connectivity index (χ2n) is 7.57. The van der Waals surface area contributed by atoms with Gasteiger partial charge in [0.15, 0.2) is 0 Å². The van der Waals surface area contributed by atoms with Gasteiger partial charge in [-0.2, -0.15) is 0 Å². The first-order valence-electron chi connectivity index (χ1n) is 9.84. The Hall–Kier alpha value is -2.72. The van der Waals surface area contributed by atoms with Crippen LogP contribution >= 0.6 is 0 Å². The molecular formula is C23H24N4. The highest BCUT2D eigenvalue weighted by Gasteiger charge is 2.19. The normalized spacial score (nSPS) is 17.9. The highest BCUT2D eigenvalue weighted by atomic mass is 15.2. The molecular weight excluding hydrogens is 332 g/mol. The lowest BCUT2D eigenvalue weighted by atomic mass is 10.0. The number of fused-ring (bicyclic) bond motifs is 2. The minimum atomic E-state index is 0.716.